The number of benzene rings is 1. The summed E-state index contributed by atoms with van der Waals surface area (Å²) in [5.74, 6) is 1.66. The maximum atomic E-state index is 11.1. The third kappa shape index (κ3) is 9.47. The first-order valence-corrected chi connectivity index (χ1v) is 11.7. The van der Waals surface area contributed by atoms with Gasteiger partial charge in [0.25, 0.3) is 0 Å². The van der Waals surface area contributed by atoms with Crippen molar-refractivity contribution in [2.24, 2.45) is 0 Å². The van der Waals surface area contributed by atoms with Gasteiger partial charge in [-0.15, -0.1) is 0 Å². The van der Waals surface area contributed by atoms with Crippen molar-refractivity contribution >= 4 is 10.0 Å². The molecule has 1 aromatic rings. The van der Waals surface area contributed by atoms with Gasteiger partial charge in [0, 0.05) is 12.6 Å². The quantitative estimate of drug-likeness (QED) is 0.518. The maximum Gasteiger partial charge on any atom is 0.208 e. The highest BCUT2D eigenvalue weighted by Crippen LogP contribution is 2.32. The van der Waals surface area contributed by atoms with Crippen LogP contribution in [0.4, 0.5) is 0 Å². The monoisotopic (exact) mass is 399 g/mol. The molecular formula is C21H37NO4S. The van der Waals surface area contributed by atoms with Gasteiger partial charge in [-0.1, -0.05) is 19.9 Å². The van der Waals surface area contributed by atoms with Crippen LogP contribution in [0.2, 0.25) is 0 Å². The van der Waals surface area contributed by atoms with E-state index in [0.29, 0.717) is 6.54 Å². The summed E-state index contributed by atoms with van der Waals surface area (Å²) in [6, 6.07) is 6.04. The summed E-state index contributed by atoms with van der Waals surface area (Å²) in [4.78, 5) is 0. The fraction of sp³-hybridized carbons (Fsp3) is 0.714. The van der Waals surface area contributed by atoms with Gasteiger partial charge in [0.1, 0.15) is 22.7 Å². The minimum absolute atomic E-state index is 0.226. The van der Waals surface area contributed by atoms with E-state index in [-0.39, 0.29) is 11.2 Å². The summed E-state index contributed by atoms with van der Waals surface area (Å²) in [7, 11) is -3.12. The second-order valence-electron chi connectivity index (χ2n) is 8.32. The first-order valence-electron chi connectivity index (χ1n) is 9.83. The number of aryl methyl sites for hydroxylation is 1. The van der Waals surface area contributed by atoms with Crippen LogP contribution in [0.5, 0.6) is 11.5 Å². The van der Waals surface area contributed by atoms with Crippen LogP contribution in [-0.4, -0.2) is 32.4 Å². The smallest absolute Gasteiger partial charge is 0.208 e. The van der Waals surface area contributed by atoms with Crippen LogP contribution in [0, 0.1) is 0 Å². The van der Waals surface area contributed by atoms with Gasteiger partial charge in [-0.05, 0) is 71.4 Å². The van der Waals surface area contributed by atoms with Crippen molar-refractivity contribution in [3.05, 3.63) is 23.8 Å². The predicted molar refractivity (Wildman–Crippen MR) is 112 cm³/mol. The van der Waals surface area contributed by atoms with Crippen LogP contribution in [-0.2, 0) is 16.4 Å². The number of sulfonamides is 1. The molecule has 0 aliphatic heterocycles. The number of rotatable bonds is 12. The Hall–Kier alpha value is -1.27. The van der Waals surface area contributed by atoms with Gasteiger partial charge in [-0.3, -0.25) is 0 Å². The highest BCUT2D eigenvalue weighted by Gasteiger charge is 2.21. The number of unbranched alkanes of at least 4 members (excludes halogenated alkanes) is 1. The molecule has 0 aromatic heterocycles. The molecule has 0 amide bonds. The van der Waals surface area contributed by atoms with E-state index in [1.54, 1.807) is 0 Å². The molecular weight excluding hydrogens is 362 g/mol. The molecule has 0 aliphatic rings. The van der Waals surface area contributed by atoms with Gasteiger partial charge in [0.2, 0.25) is 10.0 Å². The molecule has 0 heterocycles. The van der Waals surface area contributed by atoms with Gasteiger partial charge in [-0.25, -0.2) is 13.1 Å². The number of hydrogen-bond acceptors (Lipinski definition) is 4. The second-order valence-corrected chi connectivity index (χ2v) is 10.2. The lowest BCUT2D eigenvalue weighted by atomic mass is 10.0. The molecule has 0 aliphatic carbocycles. The fourth-order valence-corrected chi connectivity index (χ4v) is 2.87. The summed E-state index contributed by atoms with van der Waals surface area (Å²) < 4.78 is 37.2. The van der Waals surface area contributed by atoms with E-state index in [4.69, 9.17) is 9.47 Å². The molecule has 1 N–H and O–H groups in total. The summed E-state index contributed by atoms with van der Waals surface area (Å²) in [6.07, 6.45) is 5.49. The van der Waals surface area contributed by atoms with Crippen LogP contribution in [0.3, 0.4) is 0 Å². The Morgan fingerprint density at radius 1 is 0.963 bits per heavy atom. The second kappa shape index (κ2) is 9.78. The first kappa shape index (κ1) is 23.8. The lowest BCUT2D eigenvalue weighted by Gasteiger charge is -2.29. The zero-order valence-corrected chi connectivity index (χ0v) is 18.8. The number of hydrogen-bond donors (Lipinski definition) is 1. The molecule has 0 spiro atoms. The van der Waals surface area contributed by atoms with Crippen LogP contribution in [0.15, 0.2) is 18.2 Å². The van der Waals surface area contributed by atoms with Gasteiger partial charge in [-0.2, -0.15) is 0 Å². The van der Waals surface area contributed by atoms with E-state index in [0.717, 1.165) is 49.2 Å². The molecule has 6 heteroatoms. The first-order chi connectivity index (χ1) is 12.4. The maximum absolute atomic E-state index is 11.1. The number of ether oxygens (including phenoxy) is 2. The van der Waals surface area contributed by atoms with Crippen molar-refractivity contribution in [2.45, 2.75) is 84.8 Å². The third-order valence-electron chi connectivity index (χ3n) is 4.76. The topological polar surface area (TPSA) is 64.6 Å². The molecule has 27 heavy (non-hydrogen) atoms. The van der Waals surface area contributed by atoms with Crippen LogP contribution < -0.4 is 14.2 Å². The minimum atomic E-state index is -3.12. The Morgan fingerprint density at radius 3 is 2.11 bits per heavy atom. The summed E-state index contributed by atoms with van der Waals surface area (Å²) in [5, 5.41) is 0. The molecule has 156 valence electrons. The normalized spacial score (nSPS) is 12.9. The zero-order chi connectivity index (χ0) is 20.7. The lowest BCUT2D eigenvalue weighted by Crippen LogP contribution is -2.28. The van der Waals surface area contributed by atoms with Gasteiger partial charge in [0.15, 0.2) is 0 Å². The summed E-state index contributed by atoms with van der Waals surface area (Å²) in [6.45, 7) is 13.0. The van der Waals surface area contributed by atoms with E-state index in [2.05, 4.69) is 52.3 Å². The van der Waals surface area contributed by atoms with E-state index < -0.39 is 10.0 Å². The summed E-state index contributed by atoms with van der Waals surface area (Å²) in [5.41, 5.74) is 0.638. The average Bonchev–Trinajstić information content (AvgIpc) is 2.54. The van der Waals surface area contributed by atoms with Crippen molar-refractivity contribution in [1.29, 1.82) is 0 Å². The van der Waals surface area contributed by atoms with Crippen molar-refractivity contribution in [3.8, 4) is 11.5 Å². The molecule has 1 aromatic carbocycles. The van der Waals surface area contributed by atoms with Crippen LogP contribution in [0.1, 0.15) is 72.8 Å². The molecule has 5 nitrogen and oxygen atoms in total. The van der Waals surface area contributed by atoms with Gasteiger partial charge < -0.3 is 9.47 Å². The van der Waals surface area contributed by atoms with Gasteiger partial charge >= 0.3 is 0 Å². The van der Waals surface area contributed by atoms with Crippen molar-refractivity contribution in [3.63, 3.8) is 0 Å². The Bertz CT molecular complexity index is 696. The predicted octanol–water partition coefficient (Wildman–Crippen LogP) is 4.69. The van der Waals surface area contributed by atoms with E-state index in [9.17, 15) is 8.42 Å². The summed E-state index contributed by atoms with van der Waals surface area (Å²) >= 11 is 0. The average molecular weight is 400 g/mol. The molecule has 0 fully saturated rings. The van der Waals surface area contributed by atoms with Crippen molar-refractivity contribution in [1.82, 2.24) is 4.72 Å². The highest BCUT2D eigenvalue weighted by atomic mass is 32.2. The minimum Gasteiger partial charge on any atom is -0.488 e. The lowest BCUT2D eigenvalue weighted by molar-refractivity contribution is 0.0952. The Kier molecular flexibility index (Phi) is 8.61. The third-order valence-corrected chi connectivity index (χ3v) is 5.49. The molecule has 0 saturated heterocycles. The number of nitrogens with one attached hydrogen (secondary N) is 1. The largest absolute Gasteiger partial charge is 0.488 e. The Morgan fingerprint density at radius 2 is 1.56 bits per heavy atom. The Balaban J connectivity index is 2.88. The fourth-order valence-electron chi connectivity index (χ4n) is 2.36. The van der Waals surface area contributed by atoms with Gasteiger partial charge in [0.05, 0.1) is 6.26 Å². The van der Waals surface area contributed by atoms with Crippen molar-refractivity contribution in [2.75, 3.05) is 12.8 Å². The van der Waals surface area contributed by atoms with E-state index in [1.165, 1.54) is 6.26 Å². The molecule has 0 radical (unpaired) electrons. The standard InChI is InChI=1S/C21H37NO4S/c1-8-20(3,4)25-18-14-13-17(12-10-11-15-22-27(7,23)24)19(16-18)26-21(5,6)9-2/h13-14,16,22H,8-12,15H2,1-7H3. The van der Waals surface area contributed by atoms with E-state index in [1.807, 2.05) is 12.1 Å². The molecule has 1 rings (SSSR count). The van der Waals surface area contributed by atoms with Crippen LogP contribution >= 0.6 is 0 Å². The SMILES string of the molecule is CCC(C)(C)Oc1ccc(CCCCNS(C)(=O)=O)c(OC(C)(C)CC)c1. The zero-order valence-electron chi connectivity index (χ0n) is 18.0. The molecule has 0 saturated carbocycles. The molecule has 0 unspecified atom stereocenters. The van der Waals surface area contributed by atoms with Crippen LogP contribution in [0.25, 0.3) is 0 Å². The Labute approximate surface area is 165 Å². The molecule has 0 atom stereocenters. The highest BCUT2D eigenvalue weighted by molar-refractivity contribution is 7.88. The molecule has 0 bridgehead atoms. The van der Waals surface area contributed by atoms with Crippen molar-refractivity contribution < 1.29 is 17.9 Å². The van der Waals surface area contributed by atoms with E-state index >= 15 is 0 Å².